The zero-order valence-corrected chi connectivity index (χ0v) is 17.3. The van der Waals surface area contributed by atoms with Crippen molar-refractivity contribution in [2.24, 2.45) is 0 Å². The highest BCUT2D eigenvalue weighted by Crippen LogP contribution is 2.39. The van der Waals surface area contributed by atoms with Crippen LogP contribution in [0.5, 0.6) is 11.5 Å². The van der Waals surface area contributed by atoms with Crippen LogP contribution < -0.4 is 14.4 Å². The fourth-order valence-electron chi connectivity index (χ4n) is 3.74. The number of methoxy groups -OCH3 is 2. The molecule has 148 valence electrons. The molecule has 1 aliphatic heterocycles. The van der Waals surface area contributed by atoms with Crippen LogP contribution >= 0.6 is 11.3 Å². The molecule has 0 aliphatic carbocycles. The molecule has 1 fully saturated rings. The van der Waals surface area contributed by atoms with Gasteiger partial charge in [0.2, 0.25) is 0 Å². The van der Waals surface area contributed by atoms with Crippen LogP contribution in [0.3, 0.4) is 0 Å². The summed E-state index contributed by atoms with van der Waals surface area (Å²) in [5, 5.41) is 14.5. The zero-order chi connectivity index (χ0) is 19.7. The predicted molar refractivity (Wildman–Crippen MR) is 112 cm³/mol. The van der Waals surface area contributed by atoms with Crippen molar-refractivity contribution in [3.05, 3.63) is 41.0 Å². The zero-order valence-electron chi connectivity index (χ0n) is 16.4. The molecule has 7 heteroatoms. The number of rotatable bonds is 5. The molecule has 28 heavy (non-hydrogen) atoms. The summed E-state index contributed by atoms with van der Waals surface area (Å²) < 4.78 is 10.7. The maximum atomic E-state index is 11.4. The fraction of sp³-hybridized carbons (Fsp3) is 0.429. The lowest BCUT2D eigenvalue weighted by atomic mass is 9.84. The van der Waals surface area contributed by atoms with Crippen molar-refractivity contribution in [3.63, 3.8) is 0 Å². The minimum absolute atomic E-state index is 0.612. The first-order valence-corrected chi connectivity index (χ1v) is 10.4. The Kier molecular flexibility index (Phi) is 5.12. The molecule has 4 rings (SSSR count). The fourth-order valence-corrected chi connectivity index (χ4v) is 4.51. The van der Waals surface area contributed by atoms with Crippen LogP contribution in [-0.4, -0.2) is 42.4 Å². The van der Waals surface area contributed by atoms with Gasteiger partial charge in [-0.3, -0.25) is 0 Å². The van der Waals surface area contributed by atoms with E-state index in [0.29, 0.717) is 24.3 Å². The monoisotopic (exact) mass is 399 g/mol. The Morgan fingerprint density at radius 2 is 1.79 bits per heavy atom. The minimum Gasteiger partial charge on any atom is -0.497 e. The molecule has 1 aliphatic rings. The summed E-state index contributed by atoms with van der Waals surface area (Å²) in [6.07, 6.45) is 2.03. The Balaban J connectivity index is 1.61. The quantitative estimate of drug-likeness (QED) is 0.705. The number of hydrogen-bond donors (Lipinski definition) is 1. The Hall–Kier alpha value is -2.38. The Bertz CT molecular complexity index is 958. The number of hydrogen-bond acceptors (Lipinski definition) is 7. The number of nitrogens with zero attached hydrogens (tertiary/aromatic N) is 3. The summed E-state index contributed by atoms with van der Waals surface area (Å²) in [7, 11) is 3.25. The van der Waals surface area contributed by atoms with Crippen LogP contribution in [0.4, 0.5) is 5.82 Å². The average Bonchev–Trinajstić information content (AvgIpc) is 3.22. The molecule has 2 aromatic heterocycles. The average molecular weight is 400 g/mol. The third-order valence-electron chi connectivity index (χ3n) is 5.45. The molecule has 3 aromatic rings. The number of benzene rings is 1. The number of aromatic nitrogens is 2. The number of ether oxygens (including phenoxy) is 2. The molecular weight excluding hydrogens is 374 g/mol. The lowest BCUT2D eigenvalue weighted by Gasteiger charge is -2.39. The van der Waals surface area contributed by atoms with E-state index in [1.54, 1.807) is 25.6 Å². The lowest BCUT2D eigenvalue weighted by Crippen LogP contribution is -2.43. The van der Waals surface area contributed by atoms with Crippen LogP contribution in [-0.2, 0) is 12.0 Å². The van der Waals surface area contributed by atoms with Crippen LogP contribution in [0.15, 0.2) is 29.6 Å². The standard InChI is InChI=1S/C21H25N3O3S/c1-4-18-22-19(17-5-10-28-20(17)23-18)24-8-6-21(25,7-9-24)14-11-15(26-2)13-16(12-14)27-3/h5,10-13,25H,4,6-9H2,1-3H3. The summed E-state index contributed by atoms with van der Waals surface area (Å²) >= 11 is 1.64. The number of anilines is 1. The first-order valence-electron chi connectivity index (χ1n) is 9.51. The van der Waals surface area contributed by atoms with E-state index in [4.69, 9.17) is 14.5 Å². The first-order chi connectivity index (χ1) is 13.6. The van der Waals surface area contributed by atoms with Gasteiger partial charge in [-0.15, -0.1) is 11.3 Å². The summed E-state index contributed by atoms with van der Waals surface area (Å²) in [4.78, 5) is 12.7. The Labute approximate surface area is 168 Å². The van der Waals surface area contributed by atoms with E-state index in [0.717, 1.165) is 46.9 Å². The van der Waals surface area contributed by atoms with Gasteiger partial charge < -0.3 is 19.5 Å². The molecule has 0 amide bonds. The van der Waals surface area contributed by atoms with Gasteiger partial charge in [-0.25, -0.2) is 9.97 Å². The smallest absolute Gasteiger partial charge is 0.141 e. The second-order valence-electron chi connectivity index (χ2n) is 7.08. The van der Waals surface area contributed by atoms with Gasteiger partial charge in [-0.1, -0.05) is 6.92 Å². The van der Waals surface area contributed by atoms with Gasteiger partial charge in [0.15, 0.2) is 0 Å². The van der Waals surface area contributed by atoms with Crippen molar-refractivity contribution >= 4 is 27.4 Å². The second-order valence-corrected chi connectivity index (χ2v) is 7.97. The Morgan fingerprint density at radius 3 is 2.39 bits per heavy atom. The van der Waals surface area contributed by atoms with Crippen molar-refractivity contribution in [2.75, 3.05) is 32.2 Å². The van der Waals surface area contributed by atoms with E-state index < -0.39 is 5.60 Å². The van der Waals surface area contributed by atoms with Gasteiger partial charge in [0.25, 0.3) is 0 Å². The molecule has 0 unspecified atom stereocenters. The molecule has 3 heterocycles. The van der Waals surface area contributed by atoms with Crippen LogP contribution in [0.1, 0.15) is 31.2 Å². The highest BCUT2D eigenvalue weighted by molar-refractivity contribution is 7.16. The molecule has 0 radical (unpaired) electrons. The topological polar surface area (TPSA) is 67.7 Å². The van der Waals surface area contributed by atoms with Crippen molar-refractivity contribution in [1.29, 1.82) is 0 Å². The van der Waals surface area contributed by atoms with Crippen molar-refractivity contribution < 1.29 is 14.6 Å². The highest BCUT2D eigenvalue weighted by Gasteiger charge is 2.35. The molecule has 6 nitrogen and oxygen atoms in total. The Morgan fingerprint density at radius 1 is 1.11 bits per heavy atom. The number of aryl methyl sites for hydroxylation is 1. The van der Waals surface area contributed by atoms with E-state index in [9.17, 15) is 5.11 Å². The third kappa shape index (κ3) is 3.40. The number of thiophene rings is 1. The number of fused-ring (bicyclic) bond motifs is 1. The maximum absolute atomic E-state index is 11.4. The summed E-state index contributed by atoms with van der Waals surface area (Å²) in [6.45, 7) is 3.52. The van der Waals surface area contributed by atoms with Crippen molar-refractivity contribution in [3.8, 4) is 11.5 Å². The van der Waals surface area contributed by atoms with Crippen molar-refractivity contribution in [2.45, 2.75) is 31.8 Å². The molecule has 0 bridgehead atoms. The number of aliphatic hydroxyl groups is 1. The SMILES string of the molecule is CCc1nc(N2CCC(O)(c3cc(OC)cc(OC)c3)CC2)c2ccsc2n1. The van der Waals surface area contributed by atoms with Crippen LogP contribution in [0.2, 0.25) is 0 Å². The van der Waals surface area contributed by atoms with E-state index in [1.165, 1.54) is 0 Å². The molecule has 0 atom stereocenters. The normalized spacial score (nSPS) is 16.4. The van der Waals surface area contributed by atoms with Crippen molar-refractivity contribution in [1.82, 2.24) is 9.97 Å². The summed E-state index contributed by atoms with van der Waals surface area (Å²) in [5.74, 6) is 3.22. The van der Waals surface area contributed by atoms with Gasteiger partial charge in [0, 0.05) is 25.6 Å². The van der Waals surface area contributed by atoms with E-state index in [1.807, 2.05) is 18.2 Å². The van der Waals surface area contributed by atoms with Crippen LogP contribution in [0.25, 0.3) is 10.2 Å². The summed E-state index contributed by atoms with van der Waals surface area (Å²) in [6, 6.07) is 7.70. The molecule has 1 saturated heterocycles. The molecular formula is C21H25N3O3S. The summed E-state index contributed by atoms with van der Waals surface area (Å²) in [5.41, 5.74) is -0.0758. The minimum atomic E-state index is -0.910. The number of piperidine rings is 1. The van der Waals surface area contributed by atoms with E-state index in [-0.39, 0.29) is 0 Å². The van der Waals surface area contributed by atoms with Gasteiger partial charge in [-0.05, 0) is 42.0 Å². The molecule has 1 aromatic carbocycles. The highest BCUT2D eigenvalue weighted by atomic mass is 32.1. The maximum Gasteiger partial charge on any atom is 0.141 e. The van der Waals surface area contributed by atoms with E-state index in [2.05, 4.69) is 28.3 Å². The molecule has 0 spiro atoms. The molecule has 1 N–H and O–H groups in total. The predicted octanol–water partition coefficient (Wildman–Crippen LogP) is 3.76. The molecule has 0 saturated carbocycles. The van der Waals surface area contributed by atoms with Gasteiger partial charge in [0.1, 0.15) is 28.0 Å². The van der Waals surface area contributed by atoms with E-state index >= 15 is 0 Å². The van der Waals surface area contributed by atoms with Gasteiger partial charge in [-0.2, -0.15) is 0 Å². The second kappa shape index (κ2) is 7.56. The van der Waals surface area contributed by atoms with Crippen LogP contribution in [0, 0.1) is 0 Å². The largest absolute Gasteiger partial charge is 0.497 e. The lowest BCUT2D eigenvalue weighted by molar-refractivity contribution is 0.0113. The third-order valence-corrected chi connectivity index (χ3v) is 6.25. The van der Waals surface area contributed by atoms with Gasteiger partial charge in [0.05, 0.1) is 25.2 Å². The first kappa shape index (κ1) is 19.0. The van der Waals surface area contributed by atoms with Gasteiger partial charge >= 0.3 is 0 Å².